The zero-order valence-electron chi connectivity index (χ0n) is 9.32. The Hall–Kier alpha value is -1.51. The van der Waals surface area contributed by atoms with Gasteiger partial charge < -0.3 is 10.1 Å². The third-order valence-corrected chi connectivity index (χ3v) is 3.53. The van der Waals surface area contributed by atoms with E-state index < -0.39 is 0 Å². The van der Waals surface area contributed by atoms with Gasteiger partial charge in [0.2, 0.25) is 5.91 Å². The van der Waals surface area contributed by atoms with Gasteiger partial charge in [0.05, 0.1) is 7.11 Å². The van der Waals surface area contributed by atoms with Crippen LogP contribution in [0.15, 0.2) is 18.2 Å². The Morgan fingerprint density at radius 2 is 2.19 bits per heavy atom. The van der Waals surface area contributed by atoms with Gasteiger partial charge in [-0.25, -0.2) is 0 Å². The van der Waals surface area contributed by atoms with Gasteiger partial charge >= 0.3 is 0 Å². The molecule has 1 fully saturated rings. The summed E-state index contributed by atoms with van der Waals surface area (Å²) < 4.78 is 5.18. The molecule has 2 aliphatic rings. The smallest absolute Gasteiger partial charge is 0.225 e. The average molecular weight is 217 g/mol. The Kier molecular flexibility index (Phi) is 2.13. The number of hydrogen-bond donors (Lipinski definition) is 1. The SMILES string of the molecule is COc1ccc2c(c1)NC(=O)CC2C1CC1. The lowest BCUT2D eigenvalue weighted by Gasteiger charge is -2.25. The van der Waals surface area contributed by atoms with E-state index in [2.05, 4.69) is 11.4 Å². The molecule has 1 aliphatic carbocycles. The van der Waals surface area contributed by atoms with Crippen LogP contribution in [0.3, 0.4) is 0 Å². The van der Waals surface area contributed by atoms with Gasteiger partial charge in [-0.2, -0.15) is 0 Å². The minimum Gasteiger partial charge on any atom is -0.497 e. The Morgan fingerprint density at radius 3 is 2.88 bits per heavy atom. The molecule has 16 heavy (non-hydrogen) atoms. The highest BCUT2D eigenvalue weighted by Gasteiger charge is 2.37. The summed E-state index contributed by atoms with van der Waals surface area (Å²) in [5.74, 6) is 2.08. The monoisotopic (exact) mass is 217 g/mol. The minimum absolute atomic E-state index is 0.137. The van der Waals surface area contributed by atoms with Gasteiger partial charge in [0.15, 0.2) is 0 Å². The van der Waals surface area contributed by atoms with Crippen molar-refractivity contribution in [3.8, 4) is 5.75 Å². The van der Waals surface area contributed by atoms with Crippen LogP contribution in [-0.4, -0.2) is 13.0 Å². The number of benzene rings is 1. The second-order valence-electron chi connectivity index (χ2n) is 4.65. The molecule has 1 N–H and O–H groups in total. The van der Waals surface area contributed by atoms with Crippen LogP contribution in [-0.2, 0) is 4.79 Å². The summed E-state index contributed by atoms with van der Waals surface area (Å²) in [5.41, 5.74) is 2.22. The number of carbonyl (C=O) groups excluding carboxylic acids is 1. The maximum Gasteiger partial charge on any atom is 0.225 e. The first-order chi connectivity index (χ1) is 7.78. The molecule has 3 heteroatoms. The number of carbonyl (C=O) groups is 1. The van der Waals surface area contributed by atoms with E-state index >= 15 is 0 Å². The topological polar surface area (TPSA) is 38.3 Å². The van der Waals surface area contributed by atoms with Crippen molar-refractivity contribution >= 4 is 11.6 Å². The summed E-state index contributed by atoms with van der Waals surface area (Å²) in [6.45, 7) is 0. The van der Waals surface area contributed by atoms with E-state index in [1.165, 1.54) is 18.4 Å². The maximum atomic E-state index is 11.6. The highest BCUT2D eigenvalue weighted by atomic mass is 16.5. The molecule has 1 aliphatic heterocycles. The van der Waals surface area contributed by atoms with Crippen molar-refractivity contribution in [1.29, 1.82) is 0 Å². The first kappa shape index (κ1) is 9.70. The first-order valence-electron chi connectivity index (χ1n) is 5.75. The summed E-state index contributed by atoms with van der Waals surface area (Å²) in [6, 6.07) is 5.99. The van der Waals surface area contributed by atoms with Crippen LogP contribution < -0.4 is 10.1 Å². The zero-order chi connectivity index (χ0) is 11.1. The van der Waals surface area contributed by atoms with Crippen molar-refractivity contribution in [2.24, 2.45) is 5.92 Å². The zero-order valence-corrected chi connectivity index (χ0v) is 9.32. The summed E-state index contributed by atoms with van der Waals surface area (Å²) in [7, 11) is 1.64. The number of ether oxygens (including phenoxy) is 1. The van der Waals surface area contributed by atoms with Crippen LogP contribution >= 0.6 is 0 Å². The van der Waals surface area contributed by atoms with E-state index in [9.17, 15) is 4.79 Å². The van der Waals surface area contributed by atoms with Crippen molar-refractivity contribution in [2.75, 3.05) is 12.4 Å². The quantitative estimate of drug-likeness (QED) is 0.826. The average Bonchev–Trinajstić information content (AvgIpc) is 3.10. The number of nitrogens with one attached hydrogen (secondary N) is 1. The molecule has 0 radical (unpaired) electrons. The van der Waals surface area contributed by atoms with Crippen molar-refractivity contribution in [2.45, 2.75) is 25.2 Å². The van der Waals surface area contributed by atoms with Gasteiger partial charge in [0, 0.05) is 18.2 Å². The molecule has 1 amide bonds. The number of amides is 1. The lowest BCUT2D eigenvalue weighted by molar-refractivity contribution is -0.117. The van der Waals surface area contributed by atoms with Crippen LogP contribution in [0.4, 0.5) is 5.69 Å². The van der Waals surface area contributed by atoms with E-state index in [0.29, 0.717) is 12.3 Å². The van der Waals surface area contributed by atoms with E-state index in [1.807, 2.05) is 12.1 Å². The maximum absolute atomic E-state index is 11.6. The molecule has 0 spiro atoms. The van der Waals surface area contributed by atoms with Crippen molar-refractivity contribution in [3.63, 3.8) is 0 Å². The summed E-state index contributed by atoms with van der Waals surface area (Å²) >= 11 is 0. The third-order valence-electron chi connectivity index (χ3n) is 3.53. The van der Waals surface area contributed by atoms with Crippen LogP contribution in [0, 0.1) is 5.92 Å². The second-order valence-corrected chi connectivity index (χ2v) is 4.65. The van der Waals surface area contributed by atoms with E-state index in [-0.39, 0.29) is 5.91 Å². The van der Waals surface area contributed by atoms with Crippen molar-refractivity contribution < 1.29 is 9.53 Å². The molecule has 3 rings (SSSR count). The predicted octanol–water partition coefficient (Wildman–Crippen LogP) is 2.53. The molecule has 1 aromatic carbocycles. The van der Waals surface area contributed by atoms with E-state index in [0.717, 1.165) is 17.4 Å². The molecule has 0 aromatic heterocycles. The minimum atomic E-state index is 0.137. The Morgan fingerprint density at radius 1 is 1.38 bits per heavy atom. The molecule has 0 saturated heterocycles. The van der Waals surface area contributed by atoms with Crippen LogP contribution in [0.1, 0.15) is 30.7 Å². The highest BCUT2D eigenvalue weighted by molar-refractivity contribution is 5.95. The van der Waals surface area contributed by atoms with Gasteiger partial charge in [-0.05, 0) is 36.3 Å². The summed E-state index contributed by atoms with van der Waals surface area (Å²) in [4.78, 5) is 11.6. The van der Waals surface area contributed by atoms with Gasteiger partial charge in [-0.3, -0.25) is 4.79 Å². The summed E-state index contributed by atoms with van der Waals surface area (Å²) in [6.07, 6.45) is 3.18. The Labute approximate surface area is 94.8 Å². The molecule has 3 nitrogen and oxygen atoms in total. The number of hydrogen-bond acceptors (Lipinski definition) is 2. The Bertz CT molecular complexity index is 438. The summed E-state index contributed by atoms with van der Waals surface area (Å²) in [5, 5.41) is 2.93. The Balaban J connectivity index is 2.01. The largest absolute Gasteiger partial charge is 0.497 e. The molecular formula is C13H15NO2. The second kappa shape index (κ2) is 3.51. The predicted molar refractivity (Wildman–Crippen MR) is 61.7 cm³/mol. The molecule has 84 valence electrons. The third kappa shape index (κ3) is 1.56. The number of methoxy groups -OCH3 is 1. The fourth-order valence-corrected chi connectivity index (χ4v) is 2.52. The number of anilines is 1. The normalized spacial score (nSPS) is 23.6. The van der Waals surface area contributed by atoms with Crippen LogP contribution in [0.2, 0.25) is 0 Å². The molecule has 1 unspecified atom stereocenters. The molecule has 1 atom stereocenters. The van der Waals surface area contributed by atoms with E-state index in [1.54, 1.807) is 7.11 Å². The molecule has 0 bridgehead atoms. The standard InChI is InChI=1S/C13H15NO2/c1-16-9-4-5-10-11(8-2-3-8)7-13(15)14-12(10)6-9/h4-6,8,11H,2-3,7H2,1H3,(H,14,15). The van der Waals surface area contributed by atoms with Crippen molar-refractivity contribution in [1.82, 2.24) is 0 Å². The highest BCUT2D eigenvalue weighted by Crippen LogP contribution is 2.48. The van der Waals surface area contributed by atoms with E-state index in [4.69, 9.17) is 4.74 Å². The lowest BCUT2D eigenvalue weighted by Crippen LogP contribution is -2.23. The van der Waals surface area contributed by atoms with Gasteiger partial charge in [0.25, 0.3) is 0 Å². The lowest BCUT2D eigenvalue weighted by atomic mass is 9.86. The van der Waals surface area contributed by atoms with Crippen LogP contribution in [0.5, 0.6) is 5.75 Å². The van der Waals surface area contributed by atoms with Crippen LogP contribution in [0.25, 0.3) is 0 Å². The molecule has 1 aromatic rings. The van der Waals surface area contributed by atoms with Gasteiger partial charge in [-0.1, -0.05) is 6.07 Å². The molecular weight excluding hydrogens is 202 g/mol. The fraction of sp³-hybridized carbons (Fsp3) is 0.462. The van der Waals surface area contributed by atoms with Gasteiger partial charge in [-0.15, -0.1) is 0 Å². The number of rotatable bonds is 2. The molecule has 1 heterocycles. The first-order valence-corrected chi connectivity index (χ1v) is 5.75. The van der Waals surface area contributed by atoms with Crippen molar-refractivity contribution in [3.05, 3.63) is 23.8 Å². The molecule has 1 saturated carbocycles. The fourth-order valence-electron chi connectivity index (χ4n) is 2.52. The number of fused-ring (bicyclic) bond motifs is 1. The van der Waals surface area contributed by atoms with Gasteiger partial charge in [0.1, 0.15) is 5.75 Å².